The lowest BCUT2D eigenvalue weighted by molar-refractivity contribution is 0.0937. The molecular weight excluding hydrogens is 338 g/mol. The zero-order chi connectivity index (χ0) is 17.7. The molecular formula is C18H25N3O3S. The van der Waals surface area contributed by atoms with E-state index in [4.69, 9.17) is 0 Å². The first-order chi connectivity index (χ1) is 12.1. The summed E-state index contributed by atoms with van der Waals surface area (Å²) in [5.74, 6) is -0.331. The Morgan fingerprint density at radius 3 is 2.56 bits per heavy atom. The normalized spacial score (nSPS) is 19.1. The number of rotatable bonds is 5. The van der Waals surface area contributed by atoms with E-state index in [0.717, 1.165) is 44.2 Å². The fourth-order valence-corrected chi connectivity index (χ4v) is 4.78. The molecule has 0 aromatic heterocycles. The number of sulfonamides is 1. The van der Waals surface area contributed by atoms with Crippen molar-refractivity contribution in [2.75, 3.05) is 13.1 Å². The SMILES string of the molecule is O=C(NNC1=CCCCC1)c1cccc(S(=O)(=O)N2CCCCC2)c1. The molecule has 0 spiro atoms. The first-order valence-electron chi connectivity index (χ1n) is 8.93. The summed E-state index contributed by atoms with van der Waals surface area (Å²) in [4.78, 5) is 12.5. The molecule has 0 radical (unpaired) electrons. The average Bonchev–Trinajstić information content (AvgIpc) is 2.67. The van der Waals surface area contributed by atoms with Crippen molar-refractivity contribution < 1.29 is 13.2 Å². The maximum atomic E-state index is 12.7. The summed E-state index contributed by atoms with van der Waals surface area (Å²) >= 11 is 0. The van der Waals surface area contributed by atoms with Gasteiger partial charge in [-0.3, -0.25) is 10.2 Å². The Morgan fingerprint density at radius 2 is 1.84 bits per heavy atom. The van der Waals surface area contributed by atoms with Gasteiger partial charge in [0.15, 0.2) is 0 Å². The van der Waals surface area contributed by atoms with Crippen molar-refractivity contribution in [1.29, 1.82) is 0 Å². The minimum atomic E-state index is -3.53. The molecule has 3 rings (SSSR count). The fraction of sp³-hybridized carbons (Fsp3) is 0.500. The number of nitrogens with one attached hydrogen (secondary N) is 2. The van der Waals surface area contributed by atoms with Crippen LogP contribution in [0.15, 0.2) is 40.9 Å². The number of carbonyl (C=O) groups is 1. The molecule has 1 aromatic rings. The Morgan fingerprint density at radius 1 is 1.04 bits per heavy atom. The molecule has 1 heterocycles. The van der Waals surface area contributed by atoms with E-state index in [1.807, 2.05) is 0 Å². The summed E-state index contributed by atoms with van der Waals surface area (Å²) in [6.07, 6.45) is 9.15. The van der Waals surface area contributed by atoms with Gasteiger partial charge in [0.1, 0.15) is 0 Å². The number of piperidine rings is 1. The van der Waals surface area contributed by atoms with Crippen molar-refractivity contribution in [2.45, 2.75) is 49.8 Å². The summed E-state index contributed by atoms with van der Waals surface area (Å²) < 4.78 is 27.0. The highest BCUT2D eigenvalue weighted by molar-refractivity contribution is 7.89. The van der Waals surface area contributed by atoms with Gasteiger partial charge in [0.05, 0.1) is 4.90 Å². The summed E-state index contributed by atoms with van der Waals surface area (Å²) in [5.41, 5.74) is 6.95. The molecule has 0 saturated carbocycles. The first-order valence-corrected chi connectivity index (χ1v) is 10.4. The van der Waals surface area contributed by atoms with Crippen LogP contribution in [0.4, 0.5) is 0 Å². The van der Waals surface area contributed by atoms with E-state index in [-0.39, 0.29) is 10.8 Å². The smallest absolute Gasteiger partial charge is 0.269 e. The van der Waals surface area contributed by atoms with Gasteiger partial charge in [0.2, 0.25) is 10.0 Å². The van der Waals surface area contributed by atoms with E-state index in [1.165, 1.54) is 16.8 Å². The third kappa shape index (κ3) is 4.41. The highest BCUT2D eigenvalue weighted by Crippen LogP contribution is 2.21. The van der Waals surface area contributed by atoms with Crippen molar-refractivity contribution in [2.24, 2.45) is 0 Å². The van der Waals surface area contributed by atoms with Crippen LogP contribution in [0.1, 0.15) is 55.3 Å². The van der Waals surface area contributed by atoms with E-state index in [0.29, 0.717) is 18.7 Å². The van der Waals surface area contributed by atoms with Crippen LogP contribution in [0.3, 0.4) is 0 Å². The Kier molecular flexibility index (Phi) is 5.75. The number of carbonyl (C=O) groups excluding carboxylic acids is 1. The van der Waals surface area contributed by atoms with Crippen molar-refractivity contribution in [3.05, 3.63) is 41.6 Å². The van der Waals surface area contributed by atoms with Gasteiger partial charge in [-0.25, -0.2) is 8.42 Å². The van der Waals surface area contributed by atoms with Gasteiger partial charge >= 0.3 is 0 Å². The van der Waals surface area contributed by atoms with Crippen LogP contribution in [0.25, 0.3) is 0 Å². The molecule has 1 fully saturated rings. The molecule has 1 saturated heterocycles. The van der Waals surface area contributed by atoms with Crippen molar-refractivity contribution in [3.8, 4) is 0 Å². The average molecular weight is 363 g/mol. The van der Waals surface area contributed by atoms with E-state index in [9.17, 15) is 13.2 Å². The predicted octanol–water partition coefficient (Wildman–Crippen LogP) is 2.55. The van der Waals surface area contributed by atoms with Crippen LogP contribution >= 0.6 is 0 Å². The number of nitrogens with zero attached hydrogens (tertiary/aromatic N) is 1. The zero-order valence-corrected chi connectivity index (χ0v) is 15.1. The Balaban J connectivity index is 1.69. The Labute approximate surface area is 149 Å². The molecule has 136 valence electrons. The van der Waals surface area contributed by atoms with Crippen LogP contribution in [0.2, 0.25) is 0 Å². The minimum absolute atomic E-state index is 0.180. The highest BCUT2D eigenvalue weighted by Gasteiger charge is 2.26. The van der Waals surface area contributed by atoms with Gasteiger partial charge in [-0.15, -0.1) is 0 Å². The first kappa shape index (κ1) is 17.9. The lowest BCUT2D eigenvalue weighted by Crippen LogP contribution is -2.37. The highest BCUT2D eigenvalue weighted by atomic mass is 32.2. The Bertz CT molecular complexity index is 753. The number of hydrogen-bond donors (Lipinski definition) is 2. The van der Waals surface area contributed by atoms with E-state index >= 15 is 0 Å². The third-order valence-electron chi connectivity index (χ3n) is 4.68. The monoisotopic (exact) mass is 363 g/mol. The molecule has 0 bridgehead atoms. The number of hydrogen-bond acceptors (Lipinski definition) is 4. The van der Waals surface area contributed by atoms with Gasteiger partial charge in [-0.05, 0) is 56.7 Å². The summed E-state index contributed by atoms with van der Waals surface area (Å²) in [7, 11) is -3.53. The molecule has 0 atom stereocenters. The molecule has 2 aliphatic rings. The molecule has 1 aromatic carbocycles. The molecule has 0 unspecified atom stereocenters. The summed E-state index contributed by atoms with van der Waals surface area (Å²) in [6.45, 7) is 1.10. The Hall–Kier alpha value is -1.86. The third-order valence-corrected chi connectivity index (χ3v) is 6.57. The molecule has 2 N–H and O–H groups in total. The quantitative estimate of drug-likeness (QED) is 0.788. The molecule has 6 nitrogen and oxygen atoms in total. The molecule has 1 aliphatic carbocycles. The van der Waals surface area contributed by atoms with Gasteiger partial charge in [0, 0.05) is 24.4 Å². The van der Waals surface area contributed by atoms with E-state index in [2.05, 4.69) is 16.9 Å². The lowest BCUT2D eigenvalue weighted by Gasteiger charge is -2.26. The zero-order valence-electron chi connectivity index (χ0n) is 14.3. The van der Waals surface area contributed by atoms with Crippen molar-refractivity contribution in [3.63, 3.8) is 0 Å². The van der Waals surface area contributed by atoms with Gasteiger partial charge in [-0.2, -0.15) is 4.31 Å². The van der Waals surface area contributed by atoms with Crippen LogP contribution in [0, 0.1) is 0 Å². The lowest BCUT2D eigenvalue weighted by atomic mass is 10.1. The number of benzene rings is 1. The van der Waals surface area contributed by atoms with Crippen LogP contribution in [-0.2, 0) is 10.0 Å². The van der Waals surface area contributed by atoms with Gasteiger partial charge in [0.25, 0.3) is 5.91 Å². The summed E-state index contributed by atoms with van der Waals surface area (Å²) in [6, 6.07) is 6.25. The molecule has 1 amide bonds. The largest absolute Gasteiger partial charge is 0.303 e. The summed E-state index contributed by atoms with van der Waals surface area (Å²) in [5, 5.41) is 0. The standard InChI is InChI=1S/C18H25N3O3S/c22-18(20-19-16-9-3-1-4-10-16)15-8-7-11-17(14-15)25(23,24)21-12-5-2-6-13-21/h7-9,11,14,19H,1-6,10,12-13H2,(H,20,22). The molecule has 25 heavy (non-hydrogen) atoms. The number of hydrazine groups is 1. The maximum Gasteiger partial charge on any atom is 0.269 e. The van der Waals surface area contributed by atoms with Crippen LogP contribution < -0.4 is 10.9 Å². The van der Waals surface area contributed by atoms with Crippen molar-refractivity contribution in [1.82, 2.24) is 15.2 Å². The maximum absolute atomic E-state index is 12.7. The number of amides is 1. The fourth-order valence-electron chi connectivity index (χ4n) is 3.21. The predicted molar refractivity (Wildman–Crippen MR) is 96.2 cm³/mol. The van der Waals surface area contributed by atoms with E-state index < -0.39 is 10.0 Å². The second-order valence-corrected chi connectivity index (χ2v) is 8.48. The number of allylic oxidation sites excluding steroid dienone is 2. The van der Waals surface area contributed by atoms with Crippen molar-refractivity contribution >= 4 is 15.9 Å². The van der Waals surface area contributed by atoms with E-state index in [1.54, 1.807) is 18.2 Å². The second kappa shape index (κ2) is 8.01. The minimum Gasteiger partial charge on any atom is -0.303 e. The topological polar surface area (TPSA) is 78.5 Å². The molecule has 1 aliphatic heterocycles. The van der Waals surface area contributed by atoms with Gasteiger partial charge < -0.3 is 5.43 Å². The van der Waals surface area contributed by atoms with Crippen LogP contribution in [-0.4, -0.2) is 31.7 Å². The molecule has 7 heteroatoms. The van der Waals surface area contributed by atoms with Gasteiger partial charge in [-0.1, -0.05) is 18.6 Å². The van der Waals surface area contributed by atoms with Crippen LogP contribution in [0.5, 0.6) is 0 Å². The second-order valence-electron chi connectivity index (χ2n) is 6.55.